The van der Waals surface area contributed by atoms with Crippen LogP contribution in [-0.4, -0.2) is 36.8 Å². The number of aryl methyl sites for hydroxylation is 2. The Morgan fingerprint density at radius 1 is 1.15 bits per heavy atom. The maximum atomic E-state index is 12.3. The molecule has 2 N–H and O–H groups in total. The van der Waals surface area contributed by atoms with E-state index in [0.29, 0.717) is 12.1 Å². The van der Waals surface area contributed by atoms with Crippen LogP contribution in [-0.2, 0) is 24.4 Å². The molecule has 8 heteroatoms. The minimum absolute atomic E-state index is 0.0883. The molecule has 0 aliphatic rings. The van der Waals surface area contributed by atoms with Crippen molar-refractivity contribution in [2.75, 3.05) is 0 Å². The van der Waals surface area contributed by atoms with Gasteiger partial charge in [-0.05, 0) is 31.5 Å². The normalized spacial score (nSPS) is 10.0. The van der Waals surface area contributed by atoms with E-state index in [0.717, 1.165) is 29.9 Å². The van der Waals surface area contributed by atoms with Crippen LogP contribution >= 0.6 is 0 Å². The number of imidazole rings is 1. The molecule has 0 aliphatic carbocycles. The van der Waals surface area contributed by atoms with Crippen LogP contribution in [0.25, 0.3) is 11.1 Å². The van der Waals surface area contributed by atoms with Crippen molar-refractivity contribution in [3.63, 3.8) is 0 Å². The highest BCUT2D eigenvalue weighted by Crippen LogP contribution is 2.19. The zero-order valence-electron chi connectivity index (χ0n) is 15.4. The fourth-order valence-electron chi connectivity index (χ4n) is 2.55. The zero-order chi connectivity index (χ0) is 19.6. The molecular weight excluding hydrogens is 346 g/mol. The van der Waals surface area contributed by atoms with E-state index in [-0.39, 0.29) is 12.4 Å². The molecule has 0 spiro atoms. The lowest BCUT2D eigenvalue weighted by Gasteiger charge is -2.08. The standard InChI is InChI=1S/C18H21N5O.CH2O2/c1-3-22-13-19-10-17(22)11-20-18(24)15-7-5-14(6-8-15)16-9-21-23(4-2)12-16;2-1-3/h5-10,12-13H,3-4,11H2,1-2H3,(H,20,24);1H,(H,2,3). The second-order valence-electron chi connectivity index (χ2n) is 5.62. The third-order valence-electron chi connectivity index (χ3n) is 4.01. The van der Waals surface area contributed by atoms with Crippen molar-refractivity contribution in [3.8, 4) is 11.1 Å². The lowest BCUT2D eigenvalue weighted by molar-refractivity contribution is -0.122. The molecule has 0 saturated heterocycles. The van der Waals surface area contributed by atoms with Gasteiger partial charge in [-0.2, -0.15) is 5.10 Å². The van der Waals surface area contributed by atoms with Gasteiger partial charge in [0.1, 0.15) is 0 Å². The van der Waals surface area contributed by atoms with Crippen LogP contribution in [0.1, 0.15) is 29.9 Å². The number of carbonyl (C=O) groups excluding carboxylic acids is 1. The molecule has 27 heavy (non-hydrogen) atoms. The van der Waals surface area contributed by atoms with E-state index in [9.17, 15) is 4.79 Å². The topological polar surface area (TPSA) is 102 Å². The summed E-state index contributed by atoms with van der Waals surface area (Å²) < 4.78 is 3.89. The molecule has 3 aromatic rings. The lowest BCUT2D eigenvalue weighted by atomic mass is 10.1. The predicted octanol–water partition coefficient (Wildman–Crippen LogP) is 2.42. The summed E-state index contributed by atoms with van der Waals surface area (Å²) in [5.74, 6) is -0.0883. The second kappa shape index (κ2) is 9.91. The molecule has 0 aliphatic heterocycles. The lowest BCUT2D eigenvalue weighted by Crippen LogP contribution is -2.24. The zero-order valence-corrected chi connectivity index (χ0v) is 15.4. The Morgan fingerprint density at radius 3 is 2.44 bits per heavy atom. The summed E-state index contributed by atoms with van der Waals surface area (Å²) in [6, 6.07) is 7.57. The first kappa shape index (κ1) is 19.9. The van der Waals surface area contributed by atoms with Crippen LogP contribution in [0.4, 0.5) is 0 Å². The highest BCUT2D eigenvalue weighted by Gasteiger charge is 2.08. The molecule has 0 saturated carbocycles. The van der Waals surface area contributed by atoms with Gasteiger partial charge >= 0.3 is 0 Å². The summed E-state index contributed by atoms with van der Waals surface area (Å²) in [4.78, 5) is 24.7. The van der Waals surface area contributed by atoms with Gasteiger partial charge in [-0.15, -0.1) is 0 Å². The summed E-state index contributed by atoms with van der Waals surface area (Å²) in [5.41, 5.74) is 3.74. The first-order chi connectivity index (χ1) is 13.1. The van der Waals surface area contributed by atoms with Gasteiger partial charge in [0.25, 0.3) is 12.4 Å². The quantitative estimate of drug-likeness (QED) is 0.650. The highest BCUT2D eigenvalue weighted by atomic mass is 16.3. The Balaban J connectivity index is 0.000000817. The molecule has 2 heterocycles. The molecule has 1 amide bonds. The van der Waals surface area contributed by atoms with Crippen LogP contribution in [0.5, 0.6) is 0 Å². The number of hydrogen-bond acceptors (Lipinski definition) is 4. The highest BCUT2D eigenvalue weighted by molar-refractivity contribution is 5.94. The average molecular weight is 369 g/mol. The van der Waals surface area contributed by atoms with E-state index in [1.54, 1.807) is 12.5 Å². The summed E-state index contributed by atoms with van der Waals surface area (Å²) >= 11 is 0. The number of benzene rings is 1. The minimum Gasteiger partial charge on any atom is -0.483 e. The van der Waals surface area contributed by atoms with Crippen LogP contribution in [0, 0.1) is 0 Å². The van der Waals surface area contributed by atoms with Crippen LogP contribution in [0.3, 0.4) is 0 Å². The molecular formula is C19H23N5O3. The molecule has 8 nitrogen and oxygen atoms in total. The molecule has 3 rings (SSSR count). The molecule has 0 unspecified atom stereocenters. The average Bonchev–Trinajstić information content (AvgIpc) is 3.35. The number of amides is 1. The van der Waals surface area contributed by atoms with Gasteiger partial charge in [0, 0.05) is 36.6 Å². The first-order valence-electron chi connectivity index (χ1n) is 8.60. The minimum atomic E-state index is -0.250. The summed E-state index contributed by atoms with van der Waals surface area (Å²) in [6.45, 7) is 6.00. The number of hydrogen-bond donors (Lipinski definition) is 2. The largest absolute Gasteiger partial charge is 0.483 e. The van der Waals surface area contributed by atoms with Gasteiger partial charge in [-0.25, -0.2) is 4.98 Å². The maximum absolute atomic E-state index is 12.3. The summed E-state index contributed by atoms with van der Waals surface area (Å²) in [6.07, 6.45) is 7.39. The summed E-state index contributed by atoms with van der Waals surface area (Å²) in [5, 5.41) is 14.1. The smallest absolute Gasteiger partial charge is 0.290 e. The first-order valence-corrected chi connectivity index (χ1v) is 8.60. The van der Waals surface area contributed by atoms with E-state index < -0.39 is 0 Å². The number of rotatable bonds is 6. The Hall–Kier alpha value is -3.42. The fourth-order valence-corrected chi connectivity index (χ4v) is 2.55. The van der Waals surface area contributed by atoms with Gasteiger partial charge in [-0.3, -0.25) is 14.3 Å². The van der Waals surface area contributed by atoms with Crippen molar-refractivity contribution in [3.05, 3.63) is 60.4 Å². The van der Waals surface area contributed by atoms with Crippen molar-refractivity contribution in [1.82, 2.24) is 24.6 Å². The van der Waals surface area contributed by atoms with E-state index in [1.165, 1.54) is 0 Å². The molecule has 142 valence electrons. The molecule has 0 bridgehead atoms. The van der Waals surface area contributed by atoms with E-state index in [1.807, 2.05) is 52.8 Å². The third kappa shape index (κ3) is 5.27. The van der Waals surface area contributed by atoms with E-state index >= 15 is 0 Å². The molecule has 1 aromatic carbocycles. The molecule has 0 radical (unpaired) electrons. The number of carboxylic acid groups (broad SMARTS) is 1. The van der Waals surface area contributed by atoms with Crippen LogP contribution in [0.15, 0.2) is 49.2 Å². The predicted molar refractivity (Wildman–Crippen MR) is 101 cm³/mol. The molecule has 0 fully saturated rings. The van der Waals surface area contributed by atoms with Gasteiger partial charge in [0.15, 0.2) is 0 Å². The maximum Gasteiger partial charge on any atom is 0.290 e. The van der Waals surface area contributed by atoms with Gasteiger partial charge in [0.05, 0.1) is 24.8 Å². The van der Waals surface area contributed by atoms with Gasteiger partial charge < -0.3 is 15.0 Å². The Bertz CT molecular complexity index is 868. The van der Waals surface area contributed by atoms with Gasteiger partial charge in [0.2, 0.25) is 0 Å². The Labute approximate surface area is 157 Å². The number of aromatic nitrogens is 4. The fraction of sp³-hybridized carbons (Fsp3) is 0.263. The third-order valence-corrected chi connectivity index (χ3v) is 4.01. The van der Waals surface area contributed by atoms with Gasteiger partial charge in [-0.1, -0.05) is 12.1 Å². The Kier molecular flexibility index (Phi) is 7.30. The second-order valence-corrected chi connectivity index (χ2v) is 5.62. The Morgan fingerprint density at radius 2 is 1.85 bits per heavy atom. The van der Waals surface area contributed by atoms with E-state index in [4.69, 9.17) is 9.90 Å². The summed E-state index contributed by atoms with van der Waals surface area (Å²) in [7, 11) is 0. The van der Waals surface area contributed by atoms with Crippen LogP contribution in [0.2, 0.25) is 0 Å². The number of nitrogens with one attached hydrogen (secondary N) is 1. The molecule has 0 atom stereocenters. The SMILES string of the molecule is CCn1cc(-c2ccc(C(=O)NCc3cncn3CC)cc2)cn1.O=CO. The van der Waals surface area contributed by atoms with Crippen molar-refractivity contribution in [2.45, 2.75) is 33.5 Å². The number of carbonyl (C=O) groups is 2. The van der Waals surface area contributed by atoms with Crippen LogP contribution < -0.4 is 5.32 Å². The van der Waals surface area contributed by atoms with Crippen molar-refractivity contribution >= 4 is 12.4 Å². The van der Waals surface area contributed by atoms with Crippen molar-refractivity contribution < 1.29 is 14.7 Å². The van der Waals surface area contributed by atoms with E-state index in [2.05, 4.69) is 22.3 Å². The van der Waals surface area contributed by atoms with Crippen molar-refractivity contribution in [1.29, 1.82) is 0 Å². The molecule has 2 aromatic heterocycles. The monoisotopic (exact) mass is 369 g/mol. The number of nitrogens with zero attached hydrogens (tertiary/aromatic N) is 4. The van der Waals surface area contributed by atoms with Crippen molar-refractivity contribution in [2.24, 2.45) is 0 Å².